The van der Waals surface area contributed by atoms with Gasteiger partial charge in [0, 0.05) is 18.0 Å². The van der Waals surface area contributed by atoms with E-state index in [1.54, 1.807) is 31.5 Å². The third-order valence-corrected chi connectivity index (χ3v) is 3.74. The highest BCUT2D eigenvalue weighted by molar-refractivity contribution is 6.58. The van der Waals surface area contributed by atoms with Crippen molar-refractivity contribution in [1.29, 1.82) is 0 Å². The van der Waals surface area contributed by atoms with Crippen LogP contribution in [0.1, 0.15) is 0 Å². The maximum Gasteiger partial charge on any atom is 0.488 e. The molecule has 1 aromatic heterocycles. The predicted octanol–water partition coefficient (Wildman–Crippen LogP) is 0.728. The maximum atomic E-state index is 9.38. The van der Waals surface area contributed by atoms with Crippen molar-refractivity contribution in [2.75, 3.05) is 19.5 Å². The Balaban J connectivity index is 0.000000758. The van der Waals surface area contributed by atoms with Crippen molar-refractivity contribution < 1.29 is 24.7 Å². The number of ether oxygens (including phenoxy) is 1. The number of anilines is 1. The number of aromatic nitrogens is 2. The topological polar surface area (TPSA) is 125 Å². The number of methoxy groups -OCH3 is 1. The molecule has 134 valence electrons. The highest BCUT2D eigenvalue weighted by Gasteiger charge is 2.15. The maximum absolute atomic E-state index is 9.38. The lowest BCUT2D eigenvalue weighted by atomic mass is 9.79. The number of carbonyl (C=O) groups is 1. The van der Waals surface area contributed by atoms with Crippen molar-refractivity contribution in [1.82, 2.24) is 10.2 Å². The third kappa shape index (κ3) is 4.08. The summed E-state index contributed by atoms with van der Waals surface area (Å²) in [4.78, 5) is 8.36. The van der Waals surface area contributed by atoms with Crippen LogP contribution in [-0.4, -0.2) is 53.1 Å². The largest absolute Gasteiger partial charge is 0.496 e. The monoisotopic (exact) mass is 355 g/mol. The van der Waals surface area contributed by atoms with Gasteiger partial charge in [0.25, 0.3) is 6.47 Å². The first kappa shape index (κ1) is 19.2. The average molecular weight is 355 g/mol. The second kappa shape index (κ2) is 8.79. The van der Waals surface area contributed by atoms with Crippen LogP contribution in [-0.2, 0) is 4.79 Å². The summed E-state index contributed by atoms with van der Waals surface area (Å²) in [5, 5.41) is 37.8. The molecule has 0 atom stereocenters. The molecule has 3 rings (SSSR count). The molecule has 4 N–H and O–H groups in total. The lowest BCUT2D eigenvalue weighted by Gasteiger charge is -2.12. The van der Waals surface area contributed by atoms with Crippen LogP contribution in [0.25, 0.3) is 22.0 Å². The number of nitrogens with one attached hydrogen (secondary N) is 1. The number of hydrogen-bond acceptors (Lipinski definition) is 7. The number of rotatable bonds is 4. The molecule has 2 aromatic carbocycles. The van der Waals surface area contributed by atoms with Gasteiger partial charge in [0.2, 0.25) is 0 Å². The van der Waals surface area contributed by atoms with Gasteiger partial charge < -0.3 is 25.2 Å². The average Bonchev–Trinajstić information content (AvgIpc) is 2.67. The standard InChI is InChI=1S/C16H16BN3O3.CH2O2/c1-18-15-9-19-20-14-7-10(3-5-12(14)15)13-8-11(17(21)22)4-6-16(13)23-2;2-1-3/h3-9,21-22H,1-2H3,(H,18,20);1H,(H,2,3). The zero-order chi connectivity index (χ0) is 19.1. The molecular weight excluding hydrogens is 337 g/mol. The van der Waals surface area contributed by atoms with Gasteiger partial charge in [0.15, 0.2) is 0 Å². The van der Waals surface area contributed by atoms with Gasteiger partial charge in [-0.2, -0.15) is 10.2 Å². The van der Waals surface area contributed by atoms with Crippen LogP contribution in [0.15, 0.2) is 42.6 Å². The Morgan fingerprint density at radius 1 is 1.19 bits per heavy atom. The predicted molar refractivity (Wildman–Crippen MR) is 99.6 cm³/mol. The smallest absolute Gasteiger partial charge is 0.488 e. The zero-order valence-electron chi connectivity index (χ0n) is 14.2. The van der Waals surface area contributed by atoms with Crippen molar-refractivity contribution in [3.05, 3.63) is 42.6 Å². The second-order valence-electron chi connectivity index (χ2n) is 5.18. The molecule has 0 aliphatic rings. The van der Waals surface area contributed by atoms with Gasteiger partial charge in [-0.1, -0.05) is 18.2 Å². The molecule has 26 heavy (non-hydrogen) atoms. The van der Waals surface area contributed by atoms with Crippen molar-refractivity contribution >= 4 is 35.6 Å². The summed E-state index contributed by atoms with van der Waals surface area (Å²) in [6.45, 7) is -0.250. The molecule has 0 unspecified atom stereocenters. The van der Waals surface area contributed by atoms with Gasteiger partial charge in [-0.25, -0.2) is 0 Å². The van der Waals surface area contributed by atoms with E-state index in [4.69, 9.17) is 14.6 Å². The van der Waals surface area contributed by atoms with E-state index in [0.29, 0.717) is 11.2 Å². The Hall–Kier alpha value is -3.17. The first-order valence-electron chi connectivity index (χ1n) is 7.61. The fourth-order valence-corrected chi connectivity index (χ4v) is 2.54. The minimum atomic E-state index is -1.53. The molecule has 8 nitrogen and oxygen atoms in total. The highest BCUT2D eigenvalue weighted by Crippen LogP contribution is 2.32. The lowest BCUT2D eigenvalue weighted by Crippen LogP contribution is -2.29. The summed E-state index contributed by atoms with van der Waals surface area (Å²) in [7, 11) is 1.88. The van der Waals surface area contributed by atoms with E-state index < -0.39 is 7.12 Å². The fourth-order valence-electron chi connectivity index (χ4n) is 2.54. The molecule has 0 aliphatic carbocycles. The Bertz CT molecular complexity index is 905. The highest BCUT2D eigenvalue weighted by atomic mass is 16.5. The van der Waals surface area contributed by atoms with Gasteiger partial charge in [-0.3, -0.25) is 4.79 Å². The zero-order valence-corrected chi connectivity index (χ0v) is 14.2. The van der Waals surface area contributed by atoms with Crippen LogP contribution in [0.3, 0.4) is 0 Å². The first-order chi connectivity index (χ1) is 12.5. The quantitative estimate of drug-likeness (QED) is 0.399. The minimum absolute atomic E-state index is 0.250. The lowest BCUT2D eigenvalue weighted by molar-refractivity contribution is -0.122. The number of benzene rings is 2. The van der Waals surface area contributed by atoms with Gasteiger partial charge in [0.1, 0.15) is 5.75 Å². The van der Waals surface area contributed by atoms with Crippen LogP contribution in [0.4, 0.5) is 5.69 Å². The molecular formula is C17H18BN3O5. The second-order valence-corrected chi connectivity index (χ2v) is 5.18. The van der Waals surface area contributed by atoms with E-state index in [-0.39, 0.29) is 6.47 Å². The molecule has 0 saturated heterocycles. The van der Waals surface area contributed by atoms with Crippen LogP contribution < -0.4 is 15.5 Å². The molecule has 1 heterocycles. The minimum Gasteiger partial charge on any atom is -0.496 e. The van der Waals surface area contributed by atoms with E-state index in [0.717, 1.165) is 27.7 Å². The summed E-state index contributed by atoms with van der Waals surface area (Å²) in [6, 6.07) is 10.8. The Labute approximate surface area is 150 Å². The van der Waals surface area contributed by atoms with Gasteiger partial charge in [0.05, 0.1) is 24.5 Å². The summed E-state index contributed by atoms with van der Waals surface area (Å²) in [5.41, 5.74) is 3.66. The SMILES string of the molecule is CNc1cnnc2cc(-c3cc(B(O)O)ccc3OC)ccc12.O=CO. The van der Waals surface area contributed by atoms with E-state index in [9.17, 15) is 10.0 Å². The van der Waals surface area contributed by atoms with Crippen LogP contribution >= 0.6 is 0 Å². The third-order valence-electron chi connectivity index (χ3n) is 3.74. The molecule has 0 amide bonds. The molecule has 0 aliphatic heterocycles. The molecule has 3 aromatic rings. The Morgan fingerprint density at radius 2 is 1.92 bits per heavy atom. The molecule has 9 heteroatoms. The number of carboxylic acid groups (broad SMARTS) is 1. The summed E-state index contributed by atoms with van der Waals surface area (Å²) >= 11 is 0. The summed E-state index contributed by atoms with van der Waals surface area (Å²) in [6.07, 6.45) is 1.67. The van der Waals surface area contributed by atoms with E-state index in [1.807, 2.05) is 25.2 Å². The fraction of sp³-hybridized carbons (Fsp3) is 0.118. The summed E-state index contributed by atoms with van der Waals surface area (Å²) < 4.78 is 5.38. The van der Waals surface area contributed by atoms with E-state index in [1.165, 1.54) is 0 Å². The van der Waals surface area contributed by atoms with E-state index >= 15 is 0 Å². The molecule has 0 bridgehead atoms. The molecule has 0 spiro atoms. The normalized spacial score (nSPS) is 9.85. The Morgan fingerprint density at radius 3 is 2.54 bits per heavy atom. The van der Waals surface area contributed by atoms with Crippen LogP contribution in [0.5, 0.6) is 5.75 Å². The van der Waals surface area contributed by atoms with Crippen molar-refractivity contribution in [2.45, 2.75) is 0 Å². The molecule has 0 saturated carbocycles. The van der Waals surface area contributed by atoms with Crippen LogP contribution in [0.2, 0.25) is 0 Å². The van der Waals surface area contributed by atoms with Gasteiger partial charge in [-0.05, 0) is 29.2 Å². The number of hydrogen-bond donors (Lipinski definition) is 4. The first-order valence-corrected chi connectivity index (χ1v) is 7.61. The van der Waals surface area contributed by atoms with Crippen LogP contribution in [0, 0.1) is 0 Å². The molecule has 0 radical (unpaired) electrons. The Kier molecular flexibility index (Phi) is 6.48. The van der Waals surface area contributed by atoms with Crippen molar-refractivity contribution in [3.63, 3.8) is 0 Å². The molecule has 0 fully saturated rings. The van der Waals surface area contributed by atoms with E-state index in [2.05, 4.69) is 15.5 Å². The van der Waals surface area contributed by atoms with Crippen molar-refractivity contribution in [2.24, 2.45) is 0 Å². The van der Waals surface area contributed by atoms with Gasteiger partial charge >= 0.3 is 7.12 Å². The number of nitrogens with zero attached hydrogens (tertiary/aromatic N) is 2. The van der Waals surface area contributed by atoms with Crippen molar-refractivity contribution in [3.8, 4) is 16.9 Å². The number of fused-ring (bicyclic) bond motifs is 1. The van der Waals surface area contributed by atoms with Gasteiger partial charge in [-0.15, -0.1) is 0 Å². The summed E-state index contributed by atoms with van der Waals surface area (Å²) in [5.74, 6) is 0.645.